The number of aliphatic hydroxyl groups is 1. The molecule has 1 N–H and O–H groups in total. The number of fused-ring (bicyclic) bond motifs is 1. The molecule has 0 unspecified atom stereocenters. The number of amides is 1. The first-order valence-corrected chi connectivity index (χ1v) is 7.32. The molecule has 2 aliphatic rings. The zero-order valence-corrected chi connectivity index (χ0v) is 12.0. The standard InChI is InChI=1S/C16H22N2O2/c1-17-9-7-16(13-5-3-2-4-6-13)8-10-18(11-14(16)17)15(20)12-19/h2-6,14,19H,7-12H2,1H3/t14-,16+/m1/s1. The minimum atomic E-state index is -0.380. The van der Waals surface area contributed by atoms with Gasteiger partial charge in [-0.2, -0.15) is 0 Å². The Morgan fingerprint density at radius 1 is 1.30 bits per heavy atom. The van der Waals surface area contributed by atoms with Gasteiger partial charge in [0.2, 0.25) is 5.91 Å². The van der Waals surface area contributed by atoms with Gasteiger partial charge in [-0.1, -0.05) is 30.3 Å². The van der Waals surface area contributed by atoms with E-state index in [0.717, 1.165) is 32.5 Å². The van der Waals surface area contributed by atoms with E-state index in [1.54, 1.807) is 0 Å². The Hall–Kier alpha value is -1.39. The van der Waals surface area contributed by atoms with E-state index in [2.05, 4.69) is 42.3 Å². The monoisotopic (exact) mass is 274 g/mol. The molecule has 3 rings (SSSR count). The van der Waals surface area contributed by atoms with Crippen LogP contribution in [-0.2, 0) is 10.2 Å². The van der Waals surface area contributed by atoms with Crippen molar-refractivity contribution >= 4 is 5.91 Å². The van der Waals surface area contributed by atoms with E-state index in [1.807, 2.05) is 4.90 Å². The highest BCUT2D eigenvalue weighted by Gasteiger charge is 2.50. The third-order valence-corrected chi connectivity index (χ3v) is 5.14. The summed E-state index contributed by atoms with van der Waals surface area (Å²) in [7, 11) is 2.14. The Labute approximate surface area is 120 Å². The van der Waals surface area contributed by atoms with Crippen molar-refractivity contribution in [1.29, 1.82) is 0 Å². The summed E-state index contributed by atoms with van der Waals surface area (Å²) in [5.41, 5.74) is 1.56. The van der Waals surface area contributed by atoms with Gasteiger partial charge < -0.3 is 14.9 Å². The van der Waals surface area contributed by atoms with Crippen LogP contribution in [0.5, 0.6) is 0 Å². The first kappa shape index (κ1) is 13.6. The minimum Gasteiger partial charge on any atom is -0.387 e. The van der Waals surface area contributed by atoms with E-state index in [-0.39, 0.29) is 17.9 Å². The van der Waals surface area contributed by atoms with Gasteiger partial charge in [0, 0.05) is 24.5 Å². The average molecular weight is 274 g/mol. The predicted octanol–water partition coefficient (Wildman–Crippen LogP) is 0.853. The van der Waals surface area contributed by atoms with Crippen LogP contribution in [0.2, 0.25) is 0 Å². The molecule has 2 atom stereocenters. The molecule has 1 aromatic carbocycles. The number of carbonyl (C=O) groups is 1. The normalized spacial score (nSPS) is 30.3. The van der Waals surface area contributed by atoms with Crippen LogP contribution in [0.3, 0.4) is 0 Å². The van der Waals surface area contributed by atoms with Crippen molar-refractivity contribution in [3.8, 4) is 0 Å². The summed E-state index contributed by atoms with van der Waals surface area (Å²) < 4.78 is 0. The highest BCUT2D eigenvalue weighted by atomic mass is 16.3. The smallest absolute Gasteiger partial charge is 0.248 e. The van der Waals surface area contributed by atoms with Crippen LogP contribution in [0, 0.1) is 0 Å². The molecule has 20 heavy (non-hydrogen) atoms. The van der Waals surface area contributed by atoms with Crippen molar-refractivity contribution in [3.63, 3.8) is 0 Å². The number of hydrogen-bond donors (Lipinski definition) is 1. The van der Waals surface area contributed by atoms with E-state index in [1.165, 1.54) is 5.56 Å². The number of nitrogens with zero attached hydrogens (tertiary/aromatic N) is 2. The molecule has 0 aromatic heterocycles. The number of likely N-dealkylation sites (tertiary alicyclic amines) is 2. The van der Waals surface area contributed by atoms with Gasteiger partial charge in [0.15, 0.2) is 0 Å². The molecule has 2 saturated heterocycles. The number of piperidine rings is 1. The second kappa shape index (κ2) is 5.19. The van der Waals surface area contributed by atoms with Crippen LogP contribution in [0.1, 0.15) is 18.4 Å². The van der Waals surface area contributed by atoms with Crippen molar-refractivity contribution in [1.82, 2.24) is 9.80 Å². The van der Waals surface area contributed by atoms with Crippen molar-refractivity contribution < 1.29 is 9.90 Å². The maximum atomic E-state index is 11.8. The van der Waals surface area contributed by atoms with E-state index in [9.17, 15) is 4.79 Å². The molecule has 0 bridgehead atoms. The molecule has 2 heterocycles. The van der Waals surface area contributed by atoms with Gasteiger partial charge in [-0.3, -0.25) is 4.79 Å². The van der Waals surface area contributed by atoms with Gasteiger partial charge in [0.05, 0.1) is 0 Å². The third kappa shape index (κ3) is 2.03. The predicted molar refractivity (Wildman–Crippen MR) is 77.4 cm³/mol. The van der Waals surface area contributed by atoms with Gasteiger partial charge in [0.25, 0.3) is 0 Å². The van der Waals surface area contributed by atoms with Crippen LogP contribution in [0.25, 0.3) is 0 Å². The largest absolute Gasteiger partial charge is 0.387 e. The maximum absolute atomic E-state index is 11.8. The molecule has 2 fully saturated rings. The molecular weight excluding hydrogens is 252 g/mol. The Kier molecular flexibility index (Phi) is 3.52. The molecule has 2 aliphatic heterocycles. The summed E-state index contributed by atoms with van der Waals surface area (Å²) in [5.74, 6) is -0.146. The van der Waals surface area contributed by atoms with E-state index >= 15 is 0 Å². The highest BCUT2D eigenvalue weighted by Crippen LogP contribution is 2.45. The lowest BCUT2D eigenvalue weighted by atomic mass is 9.69. The fourth-order valence-corrected chi connectivity index (χ4v) is 3.94. The zero-order chi connectivity index (χ0) is 14.2. The molecule has 0 saturated carbocycles. The topological polar surface area (TPSA) is 43.8 Å². The van der Waals surface area contributed by atoms with E-state index in [4.69, 9.17) is 5.11 Å². The molecule has 1 amide bonds. The van der Waals surface area contributed by atoms with Crippen LogP contribution in [0.4, 0.5) is 0 Å². The number of aliphatic hydroxyl groups excluding tert-OH is 1. The summed E-state index contributed by atoms with van der Waals surface area (Å²) in [6.07, 6.45) is 2.14. The molecule has 4 heteroatoms. The van der Waals surface area contributed by atoms with Gasteiger partial charge in [-0.25, -0.2) is 0 Å². The summed E-state index contributed by atoms with van der Waals surface area (Å²) in [5, 5.41) is 9.07. The Morgan fingerprint density at radius 3 is 2.70 bits per heavy atom. The van der Waals surface area contributed by atoms with Crippen molar-refractivity contribution in [3.05, 3.63) is 35.9 Å². The second-order valence-electron chi connectivity index (χ2n) is 6.02. The SMILES string of the molecule is CN1CC[C@@]2(c3ccccc3)CCN(C(=O)CO)C[C@@H]12. The van der Waals surface area contributed by atoms with E-state index in [0.29, 0.717) is 6.04 Å². The number of rotatable bonds is 2. The minimum absolute atomic E-state index is 0.146. The Bertz CT molecular complexity index is 491. The summed E-state index contributed by atoms with van der Waals surface area (Å²) >= 11 is 0. The van der Waals surface area contributed by atoms with Crippen LogP contribution in [-0.4, -0.2) is 60.1 Å². The molecule has 0 aliphatic carbocycles. The number of benzene rings is 1. The van der Waals surface area contributed by atoms with Gasteiger partial charge in [-0.05, 0) is 32.0 Å². The Balaban J connectivity index is 1.90. The highest BCUT2D eigenvalue weighted by molar-refractivity contribution is 5.77. The van der Waals surface area contributed by atoms with Gasteiger partial charge in [-0.15, -0.1) is 0 Å². The molecule has 4 nitrogen and oxygen atoms in total. The van der Waals surface area contributed by atoms with Crippen molar-refractivity contribution in [2.45, 2.75) is 24.3 Å². The fraction of sp³-hybridized carbons (Fsp3) is 0.562. The first-order valence-electron chi connectivity index (χ1n) is 7.32. The quantitative estimate of drug-likeness (QED) is 0.869. The Morgan fingerprint density at radius 2 is 2.00 bits per heavy atom. The fourth-order valence-electron chi connectivity index (χ4n) is 3.94. The number of likely N-dealkylation sites (N-methyl/N-ethyl adjacent to an activating group) is 1. The van der Waals surface area contributed by atoms with Gasteiger partial charge >= 0.3 is 0 Å². The molecule has 1 aromatic rings. The summed E-state index contributed by atoms with van der Waals surface area (Å²) in [4.78, 5) is 15.9. The lowest BCUT2D eigenvalue weighted by Gasteiger charge is -2.46. The number of carbonyl (C=O) groups excluding carboxylic acids is 1. The maximum Gasteiger partial charge on any atom is 0.248 e. The number of hydrogen-bond acceptors (Lipinski definition) is 3. The van der Waals surface area contributed by atoms with Crippen LogP contribution in [0.15, 0.2) is 30.3 Å². The molecule has 0 radical (unpaired) electrons. The van der Waals surface area contributed by atoms with Crippen LogP contribution < -0.4 is 0 Å². The zero-order valence-electron chi connectivity index (χ0n) is 12.0. The van der Waals surface area contributed by atoms with Gasteiger partial charge in [0.1, 0.15) is 6.61 Å². The van der Waals surface area contributed by atoms with Crippen LogP contribution >= 0.6 is 0 Å². The van der Waals surface area contributed by atoms with E-state index < -0.39 is 0 Å². The molecule has 0 spiro atoms. The summed E-state index contributed by atoms with van der Waals surface area (Å²) in [6, 6.07) is 11.0. The second-order valence-corrected chi connectivity index (χ2v) is 6.02. The van der Waals surface area contributed by atoms with Crippen molar-refractivity contribution in [2.75, 3.05) is 33.3 Å². The third-order valence-electron chi connectivity index (χ3n) is 5.14. The molecular formula is C16H22N2O2. The summed E-state index contributed by atoms with van der Waals surface area (Å²) in [6.45, 7) is 2.17. The molecule has 108 valence electrons. The lowest BCUT2D eigenvalue weighted by Crippen LogP contribution is -2.56. The average Bonchev–Trinajstić information content (AvgIpc) is 2.85. The first-order chi connectivity index (χ1) is 9.67. The van der Waals surface area contributed by atoms with Crippen molar-refractivity contribution in [2.24, 2.45) is 0 Å². The lowest BCUT2D eigenvalue weighted by molar-refractivity contribution is -0.136.